The molecule has 0 N–H and O–H groups in total. The second-order valence-corrected chi connectivity index (χ2v) is 5.74. The van der Waals surface area contributed by atoms with Crippen LogP contribution in [0.2, 0.25) is 0 Å². The van der Waals surface area contributed by atoms with Crippen LogP contribution in [-0.2, 0) is 6.42 Å². The topological polar surface area (TPSA) is 0 Å². The maximum absolute atomic E-state index is 2.39. The zero-order chi connectivity index (χ0) is 10.5. The molecular formula is C14H22S. The molecule has 0 radical (unpaired) electrons. The molecule has 1 unspecified atom stereocenters. The summed E-state index contributed by atoms with van der Waals surface area (Å²) in [7, 11) is 0. The van der Waals surface area contributed by atoms with Gasteiger partial charge in [-0.25, -0.2) is 0 Å². The van der Waals surface area contributed by atoms with Gasteiger partial charge < -0.3 is 0 Å². The SMILES string of the molecule is CCCCCC1CCCCc2sccc21. The average molecular weight is 222 g/mol. The molecule has 0 aliphatic heterocycles. The third-order valence-electron chi connectivity index (χ3n) is 3.58. The van der Waals surface area contributed by atoms with Crippen LogP contribution >= 0.6 is 11.3 Å². The van der Waals surface area contributed by atoms with Gasteiger partial charge in [0.05, 0.1) is 0 Å². The lowest BCUT2D eigenvalue weighted by molar-refractivity contribution is 0.523. The van der Waals surface area contributed by atoms with E-state index in [0.29, 0.717) is 0 Å². The third kappa shape index (κ3) is 2.84. The first-order valence-corrected chi connectivity index (χ1v) is 7.36. The minimum atomic E-state index is 0.889. The Kier molecular flexibility index (Phi) is 4.25. The van der Waals surface area contributed by atoms with Crippen molar-refractivity contribution in [2.75, 3.05) is 0 Å². The number of thiophene rings is 1. The van der Waals surface area contributed by atoms with Crippen LogP contribution in [-0.4, -0.2) is 0 Å². The van der Waals surface area contributed by atoms with E-state index in [0.717, 1.165) is 5.92 Å². The highest BCUT2D eigenvalue weighted by molar-refractivity contribution is 7.10. The molecule has 1 atom stereocenters. The van der Waals surface area contributed by atoms with Crippen molar-refractivity contribution in [1.82, 2.24) is 0 Å². The van der Waals surface area contributed by atoms with Crippen LogP contribution in [0, 0.1) is 0 Å². The van der Waals surface area contributed by atoms with E-state index >= 15 is 0 Å². The van der Waals surface area contributed by atoms with Gasteiger partial charge in [-0.05, 0) is 48.6 Å². The highest BCUT2D eigenvalue weighted by atomic mass is 32.1. The number of aryl methyl sites for hydroxylation is 1. The average Bonchev–Trinajstić information content (AvgIpc) is 2.63. The Morgan fingerprint density at radius 2 is 2.27 bits per heavy atom. The first-order valence-electron chi connectivity index (χ1n) is 6.48. The molecule has 1 heterocycles. The van der Waals surface area contributed by atoms with E-state index in [2.05, 4.69) is 18.4 Å². The minimum Gasteiger partial charge on any atom is -0.149 e. The molecule has 15 heavy (non-hydrogen) atoms. The quantitative estimate of drug-likeness (QED) is 0.489. The van der Waals surface area contributed by atoms with E-state index in [1.54, 1.807) is 10.4 Å². The summed E-state index contributed by atoms with van der Waals surface area (Å²) < 4.78 is 0. The lowest BCUT2D eigenvalue weighted by atomic mass is 9.91. The van der Waals surface area contributed by atoms with E-state index in [-0.39, 0.29) is 0 Å². The summed E-state index contributed by atoms with van der Waals surface area (Å²) in [6, 6.07) is 2.39. The van der Waals surface area contributed by atoms with Crippen molar-refractivity contribution in [3.63, 3.8) is 0 Å². The Bertz CT molecular complexity index is 287. The van der Waals surface area contributed by atoms with Crippen molar-refractivity contribution < 1.29 is 0 Å². The van der Waals surface area contributed by atoms with Crippen LogP contribution in [0.3, 0.4) is 0 Å². The highest BCUT2D eigenvalue weighted by Crippen LogP contribution is 2.36. The van der Waals surface area contributed by atoms with Gasteiger partial charge in [0.2, 0.25) is 0 Å². The summed E-state index contributed by atoms with van der Waals surface area (Å²) >= 11 is 1.98. The normalized spacial score (nSPS) is 21.0. The van der Waals surface area contributed by atoms with Crippen molar-refractivity contribution in [3.05, 3.63) is 21.9 Å². The minimum absolute atomic E-state index is 0.889. The van der Waals surface area contributed by atoms with Crippen LogP contribution in [0.1, 0.15) is 68.2 Å². The first-order chi connectivity index (χ1) is 7.42. The van der Waals surface area contributed by atoms with Crippen LogP contribution in [0.5, 0.6) is 0 Å². The second-order valence-electron chi connectivity index (χ2n) is 4.74. The Morgan fingerprint density at radius 1 is 1.33 bits per heavy atom. The summed E-state index contributed by atoms with van der Waals surface area (Å²) in [5.74, 6) is 0.889. The Morgan fingerprint density at radius 3 is 3.13 bits per heavy atom. The van der Waals surface area contributed by atoms with E-state index in [4.69, 9.17) is 0 Å². The van der Waals surface area contributed by atoms with Crippen molar-refractivity contribution >= 4 is 11.3 Å². The molecule has 1 aliphatic rings. The van der Waals surface area contributed by atoms with Crippen LogP contribution in [0.25, 0.3) is 0 Å². The molecule has 1 aliphatic carbocycles. The lowest BCUT2D eigenvalue weighted by Crippen LogP contribution is -1.97. The number of fused-ring (bicyclic) bond motifs is 1. The Labute approximate surface area is 97.7 Å². The summed E-state index contributed by atoms with van der Waals surface area (Å²) in [6.07, 6.45) is 11.3. The van der Waals surface area contributed by atoms with Gasteiger partial charge in [-0.1, -0.05) is 32.6 Å². The van der Waals surface area contributed by atoms with Crippen molar-refractivity contribution in [3.8, 4) is 0 Å². The molecule has 0 nitrogen and oxygen atoms in total. The summed E-state index contributed by atoms with van der Waals surface area (Å²) in [5, 5.41) is 2.29. The van der Waals surface area contributed by atoms with Gasteiger partial charge in [0, 0.05) is 4.88 Å². The second kappa shape index (κ2) is 5.69. The molecule has 84 valence electrons. The molecule has 1 heteroatoms. The van der Waals surface area contributed by atoms with E-state index in [1.807, 2.05) is 11.3 Å². The maximum Gasteiger partial charge on any atom is 0.00800 e. The number of rotatable bonds is 4. The smallest absolute Gasteiger partial charge is 0.00800 e. The zero-order valence-corrected chi connectivity index (χ0v) is 10.6. The van der Waals surface area contributed by atoms with Crippen LogP contribution < -0.4 is 0 Å². The van der Waals surface area contributed by atoms with Crippen LogP contribution in [0.4, 0.5) is 0 Å². The van der Waals surface area contributed by atoms with Gasteiger partial charge in [0.25, 0.3) is 0 Å². The highest BCUT2D eigenvalue weighted by Gasteiger charge is 2.18. The molecule has 0 saturated heterocycles. The molecule has 1 aromatic heterocycles. The fraction of sp³-hybridized carbons (Fsp3) is 0.714. The van der Waals surface area contributed by atoms with Gasteiger partial charge >= 0.3 is 0 Å². The van der Waals surface area contributed by atoms with Crippen molar-refractivity contribution in [1.29, 1.82) is 0 Å². The van der Waals surface area contributed by atoms with Gasteiger partial charge in [-0.15, -0.1) is 11.3 Å². The zero-order valence-electron chi connectivity index (χ0n) is 9.80. The third-order valence-corrected chi connectivity index (χ3v) is 4.58. The fourth-order valence-electron chi connectivity index (χ4n) is 2.69. The Balaban J connectivity index is 1.99. The summed E-state index contributed by atoms with van der Waals surface area (Å²) in [4.78, 5) is 1.69. The molecule has 0 saturated carbocycles. The van der Waals surface area contributed by atoms with E-state index in [1.165, 1.54) is 51.4 Å². The molecule has 1 aromatic rings. The monoisotopic (exact) mass is 222 g/mol. The predicted octanol–water partition coefficient (Wildman–Crippen LogP) is 5.14. The standard InChI is InChI=1S/C14H22S/c1-2-3-4-7-12-8-5-6-9-14-13(12)10-11-15-14/h10-12H,2-9H2,1H3. The fourth-order valence-corrected chi connectivity index (χ4v) is 3.70. The van der Waals surface area contributed by atoms with E-state index < -0.39 is 0 Å². The number of unbranched alkanes of at least 4 members (excludes halogenated alkanes) is 2. The first kappa shape index (κ1) is 11.2. The van der Waals surface area contributed by atoms with Crippen LogP contribution in [0.15, 0.2) is 11.4 Å². The summed E-state index contributed by atoms with van der Waals surface area (Å²) in [5.41, 5.74) is 1.70. The predicted molar refractivity (Wildman–Crippen MR) is 68.8 cm³/mol. The molecule has 0 spiro atoms. The van der Waals surface area contributed by atoms with E-state index in [9.17, 15) is 0 Å². The molecule has 0 bridgehead atoms. The lowest BCUT2D eigenvalue weighted by Gasteiger charge is -2.14. The molecule has 2 rings (SSSR count). The van der Waals surface area contributed by atoms with Gasteiger partial charge in [0.1, 0.15) is 0 Å². The van der Waals surface area contributed by atoms with Gasteiger partial charge in [-0.3, -0.25) is 0 Å². The Hall–Kier alpha value is -0.300. The molecule has 0 amide bonds. The van der Waals surface area contributed by atoms with Gasteiger partial charge in [0.15, 0.2) is 0 Å². The number of hydrogen-bond donors (Lipinski definition) is 0. The largest absolute Gasteiger partial charge is 0.149 e. The molecular weight excluding hydrogens is 200 g/mol. The molecule has 0 fully saturated rings. The molecule has 0 aromatic carbocycles. The maximum atomic E-state index is 2.39. The number of hydrogen-bond acceptors (Lipinski definition) is 1. The van der Waals surface area contributed by atoms with Gasteiger partial charge in [-0.2, -0.15) is 0 Å². The summed E-state index contributed by atoms with van der Waals surface area (Å²) in [6.45, 7) is 2.29. The van der Waals surface area contributed by atoms with Crippen molar-refractivity contribution in [2.24, 2.45) is 0 Å². The van der Waals surface area contributed by atoms with Crippen molar-refractivity contribution in [2.45, 2.75) is 64.2 Å².